The van der Waals surface area contributed by atoms with E-state index in [1.165, 1.54) is 0 Å². The highest BCUT2D eigenvalue weighted by molar-refractivity contribution is 9.10. The highest BCUT2D eigenvalue weighted by atomic mass is 79.9. The number of phenolic OH excluding ortho intramolecular Hbond substituents is 1. The lowest BCUT2D eigenvalue weighted by atomic mass is 9.77. The van der Waals surface area contributed by atoms with Crippen LogP contribution in [0.3, 0.4) is 0 Å². The van der Waals surface area contributed by atoms with Gasteiger partial charge in [-0.05, 0) is 43.7 Å². The van der Waals surface area contributed by atoms with Crippen LogP contribution in [0.1, 0.15) is 30.5 Å². The summed E-state index contributed by atoms with van der Waals surface area (Å²) in [5.41, 5.74) is 3.49. The molecule has 0 bridgehead atoms. The van der Waals surface area contributed by atoms with Gasteiger partial charge in [-0.25, -0.2) is 0 Å². The molecule has 0 fully saturated rings. The van der Waals surface area contributed by atoms with Gasteiger partial charge in [0.15, 0.2) is 0 Å². The molecule has 1 aliphatic rings. The fourth-order valence-corrected chi connectivity index (χ4v) is 3.64. The van der Waals surface area contributed by atoms with Gasteiger partial charge >= 0.3 is 0 Å². The highest BCUT2D eigenvalue weighted by Crippen LogP contribution is 2.48. The molecule has 1 atom stereocenters. The van der Waals surface area contributed by atoms with Crippen molar-refractivity contribution < 1.29 is 9.90 Å². The highest BCUT2D eigenvalue weighted by Gasteiger charge is 2.43. The van der Waals surface area contributed by atoms with E-state index in [1.807, 2.05) is 37.3 Å². The third-order valence-corrected chi connectivity index (χ3v) is 4.94. The molecule has 3 rings (SSSR count). The number of rotatable bonds is 1. The number of carbonyl (C=O) groups is 1. The van der Waals surface area contributed by atoms with E-state index in [1.54, 1.807) is 17.9 Å². The summed E-state index contributed by atoms with van der Waals surface area (Å²) < 4.78 is 0.968. The predicted molar refractivity (Wildman–Crippen MR) is 91.5 cm³/mol. The minimum Gasteiger partial charge on any atom is -0.508 e. The Hall–Kier alpha value is -1.81. The number of benzene rings is 2. The topological polar surface area (TPSA) is 40.5 Å². The summed E-state index contributed by atoms with van der Waals surface area (Å²) in [5.74, 6) is 0.281. The largest absolute Gasteiger partial charge is 0.508 e. The van der Waals surface area contributed by atoms with Crippen molar-refractivity contribution in [3.63, 3.8) is 0 Å². The van der Waals surface area contributed by atoms with E-state index in [2.05, 4.69) is 22.9 Å². The Morgan fingerprint density at radius 3 is 2.64 bits per heavy atom. The van der Waals surface area contributed by atoms with Crippen LogP contribution in [0.5, 0.6) is 5.75 Å². The van der Waals surface area contributed by atoms with E-state index in [0.717, 1.165) is 26.9 Å². The number of halogens is 1. The molecule has 2 aromatic rings. The van der Waals surface area contributed by atoms with Crippen molar-refractivity contribution in [3.8, 4) is 5.75 Å². The van der Waals surface area contributed by atoms with Gasteiger partial charge in [0.2, 0.25) is 5.91 Å². The van der Waals surface area contributed by atoms with Gasteiger partial charge in [-0.3, -0.25) is 4.79 Å². The Morgan fingerprint density at radius 1 is 1.23 bits per heavy atom. The second-order valence-corrected chi connectivity index (χ2v) is 7.04. The molecule has 1 N–H and O–H groups in total. The van der Waals surface area contributed by atoms with Crippen LogP contribution in [0.25, 0.3) is 0 Å². The maximum absolute atomic E-state index is 12.0. The molecule has 0 saturated heterocycles. The van der Waals surface area contributed by atoms with Crippen LogP contribution in [0, 0.1) is 6.92 Å². The average Bonchev–Trinajstić information content (AvgIpc) is 2.76. The summed E-state index contributed by atoms with van der Waals surface area (Å²) in [6.45, 7) is 6.19. The molecule has 1 aliphatic heterocycles. The van der Waals surface area contributed by atoms with Crippen molar-refractivity contribution in [2.75, 3.05) is 11.4 Å². The van der Waals surface area contributed by atoms with Crippen molar-refractivity contribution in [1.82, 2.24) is 0 Å². The smallest absolute Gasteiger partial charge is 0.223 e. The van der Waals surface area contributed by atoms with Gasteiger partial charge in [0.1, 0.15) is 5.75 Å². The van der Waals surface area contributed by atoms with E-state index >= 15 is 0 Å². The van der Waals surface area contributed by atoms with Crippen LogP contribution in [-0.2, 0) is 10.2 Å². The van der Waals surface area contributed by atoms with Crippen LogP contribution < -0.4 is 4.90 Å². The molecule has 22 heavy (non-hydrogen) atoms. The van der Waals surface area contributed by atoms with E-state index in [9.17, 15) is 9.90 Å². The Labute approximate surface area is 138 Å². The molecular weight excluding hydrogens is 342 g/mol. The standard InChI is InChI=1S/C18H18BrNO2/c1-11-4-7-17(22)15(8-11)18(3)10-20(12(2)21)16-6-5-13(19)9-14(16)18/h4-9,22H,10H2,1-3H3. The van der Waals surface area contributed by atoms with Crippen LogP contribution in [0.15, 0.2) is 40.9 Å². The summed E-state index contributed by atoms with van der Waals surface area (Å²) in [4.78, 5) is 13.8. The Balaban J connectivity index is 2.26. The van der Waals surface area contributed by atoms with E-state index < -0.39 is 5.41 Å². The first kappa shape index (κ1) is 15.1. The number of nitrogens with zero attached hydrogens (tertiary/aromatic N) is 1. The number of aromatic hydroxyl groups is 1. The minimum atomic E-state index is -0.430. The zero-order valence-corrected chi connectivity index (χ0v) is 14.4. The predicted octanol–water partition coefficient (Wildman–Crippen LogP) is 4.14. The fraction of sp³-hybridized carbons (Fsp3) is 0.278. The van der Waals surface area contributed by atoms with Gasteiger partial charge in [0.25, 0.3) is 0 Å². The molecule has 4 heteroatoms. The summed E-state index contributed by atoms with van der Waals surface area (Å²) in [6, 6.07) is 11.6. The zero-order chi connectivity index (χ0) is 16.1. The first-order valence-electron chi connectivity index (χ1n) is 7.21. The van der Waals surface area contributed by atoms with Gasteiger partial charge in [0.05, 0.1) is 0 Å². The third kappa shape index (κ3) is 2.22. The molecule has 0 aliphatic carbocycles. The molecule has 1 unspecified atom stereocenters. The normalized spacial score (nSPS) is 20.1. The molecule has 1 amide bonds. The number of anilines is 1. The van der Waals surface area contributed by atoms with Crippen LogP contribution in [0.2, 0.25) is 0 Å². The fourth-order valence-electron chi connectivity index (χ4n) is 3.28. The number of hydrogen-bond donors (Lipinski definition) is 1. The van der Waals surface area contributed by atoms with Crippen LogP contribution >= 0.6 is 15.9 Å². The van der Waals surface area contributed by atoms with Crippen molar-refractivity contribution in [1.29, 1.82) is 0 Å². The summed E-state index contributed by atoms with van der Waals surface area (Å²) >= 11 is 3.51. The van der Waals surface area contributed by atoms with E-state index in [4.69, 9.17) is 0 Å². The lowest BCUT2D eigenvalue weighted by molar-refractivity contribution is -0.116. The summed E-state index contributed by atoms with van der Waals surface area (Å²) in [6.07, 6.45) is 0. The molecule has 2 aromatic carbocycles. The second kappa shape index (κ2) is 5.13. The number of fused-ring (bicyclic) bond motifs is 1. The Morgan fingerprint density at radius 2 is 1.95 bits per heavy atom. The van der Waals surface area contributed by atoms with Gasteiger partial charge in [-0.15, -0.1) is 0 Å². The maximum atomic E-state index is 12.0. The monoisotopic (exact) mass is 359 g/mol. The molecule has 0 radical (unpaired) electrons. The van der Waals surface area contributed by atoms with Gasteiger partial charge in [-0.1, -0.05) is 33.6 Å². The lowest BCUT2D eigenvalue weighted by Crippen LogP contribution is -2.34. The van der Waals surface area contributed by atoms with Gasteiger partial charge in [0, 0.05) is 34.6 Å². The van der Waals surface area contributed by atoms with Crippen LogP contribution in [0.4, 0.5) is 5.69 Å². The molecule has 114 valence electrons. The Bertz CT molecular complexity index is 772. The minimum absolute atomic E-state index is 0.0134. The maximum Gasteiger partial charge on any atom is 0.223 e. The second-order valence-electron chi connectivity index (χ2n) is 6.12. The quantitative estimate of drug-likeness (QED) is 0.831. The van der Waals surface area contributed by atoms with Crippen molar-refractivity contribution in [2.45, 2.75) is 26.2 Å². The average molecular weight is 360 g/mol. The molecule has 3 nitrogen and oxygen atoms in total. The van der Waals surface area contributed by atoms with Crippen LogP contribution in [-0.4, -0.2) is 17.6 Å². The molecule has 0 saturated carbocycles. The van der Waals surface area contributed by atoms with Gasteiger partial charge in [-0.2, -0.15) is 0 Å². The van der Waals surface area contributed by atoms with Crippen molar-refractivity contribution >= 4 is 27.5 Å². The van der Waals surface area contributed by atoms with E-state index in [0.29, 0.717) is 6.54 Å². The van der Waals surface area contributed by atoms with Crippen molar-refractivity contribution in [2.24, 2.45) is 0 Å². The number of hydrogen-bond acceptors (Lipinski definition) is 2. The first-order valence-corrected chi connectivity index (χ1v) is 8.00. The van der Waals surface area contributed by atoms with Gasteiger partial charge < -0.3 is 10.0 Å². The summed E-state index contributed by atoms with van der Waals surface area (Å²) in [5, 5.41) is 10.4. The molecule has 1 heterocycles. The number of carbonyl (C=O) groups excluding carboxylic acids is 1. The SMILES string of the molecule is CC(=O)N1CC(C)(c2cc(C)ccc2O)c2cc(Br)ccc21. The summed E-state index contributed by atoms with van der Waals surface area (Å²) in [7, 11) is 0. The third-order valence-electron chi connectivity index (χ3n) is 4.44. The lowest BCUT2D eigenvalue weighted by Gasteiger charge is -2.27. The number of phenols is 1. The molecular formula is C18H18BrNO2. The van der Waals surface area contributed by atoms with E-state index in [-0.39, 0.29) is 11.7 Å². The zero-order valence-electron chi connectivity index (χ0n) is 12.9. The number of amides is 1. The molecule has 0 aromatic heterocycles. The molecule has 0 spiro atoms. The first-order chi connectivity index (χ1) is 10.3. The number of aryl methyl sites for hydroxylation is 1. The Kier molecular flexibility index (Phi) is 3.52. The van der Waals surface area contributed by atoms with Crippen molar-refractivity contribution in [3.05, 3.63) is 57.6 Å².